The highest BCUT2D eigenvalue weighted by atomic mass is 32.2. The fourth-order valence-corrected chi connectivity index (χ4v) is 5.95. The lowest BCUT2D eigenvalue weighted by Gasteiger charge is -2.43. The van der Waals surface area contributed by atoms with Crippen molar-refractivity contribution in [2.24, 2.45) is 16.7 Å². The fraction of sp³-hybridized carbons (Fsp3) is 0.595. The maximum absolute atomic E-state index is 14.1. The molecule has 0 saturated carbocycles. The highest BCUT2D eigenvalue weighted by Crippen LogP contribution is 2.38. The average molecular weight is 690 g/mol. The van der Waals surface area contributed by atoms with Crippen molar-refractivity contribution in [3.63, 3.8) is 0 Å². The largest absolute Gasteiger partial charge is 0.497 e. The van der Waals surface area contributed by atoms with Crippen molar-refractivity contribution in [1.29, 1.82) is 0 Å². The van der Waals surface area contributed by atoms with E-state index < -0.39 is 55.0 Å². The van der Waals surface area contributed by atoms with Gasteiger partial charge >= 0.3 is 0 Å². The van der Waals surface area contributed by atoms with Gasteiger partial charge in [-0.05, 0) is 65.2 Å². The summed E-state index contributed by atoms with van der Waals surface area (Å²) in [4.78, 5) is 40.1. The van der Waals surface area contributed by atoms with Crippen LogP contribution >= 0.6 is 0 Å². The molecule has 10 nitrogen and oxygen atoms in total. The zero-order valence-electron chi connectivity index (χ0n) is 30.4. The molecule has 0 heterocycles. The fourth-order valence-electron chi connectivity index (χ4n) is 5.29. The molecular formula is C37H55NO9S. The molecule has 11 heteroatoms. The van der Waals surface area contributed by atoms with Crippen LogP contribution in [-0.4, -0.2) is 61.5 Å². The minimum absolute atomic E-state index is 0.0773. The molecule has 1 amide bonds. The predicted octanol–water partition coefficient (Wildman–Crippen LogP) is 7.10. The van der Waals surface area contributed by atoms with E-state index in [1.165, 1.54) is 19.2 Å². The summed E-state index contributed by atoms with van der Waals surface area (Å²) in [5, 5.41) is 2.53. The van der Waals surface area contributed by atoms with Crippen molar-refractivity contribution in [2.45, 2.75) is 117 Å². The summed E-state index contributed by atoms with van der Waals surface area (Å²) in [5.74, 6) is -1.28. The number of benzene rings is 2. The van der Waals surface area contributed by atoms with Gasteiger partial charge in [0.2, 0.25) is 5.91 Å². The molecule has 2 aromatic carbocycles. The van der Waals surface area contributed by atoms with Gasteiger partial charge in [-0.25, -0.2) is 0 Å². The van der Waals surface area contributed by atoms with Gasteiger partial charge in [-0.3, -0.25) is 18.9 Å². The maximum Gasteiger partial charge on any atom is 0.296 e. The van der Waals surface area contributed by atoms with Crippen LogP contribution in [-0.2, 0) is 40.4 Å². The van der Waals surface area contributed by atoms with Crippen LogP contribution in [0.25, 0.3) is 0 Å². The molecule has 2 aromatic rings. The smallest absolute Gasteiger partial charge is 0.296 e. The van der Waals surface area contributed by atoms with E-state index in [0.29, 0.717) is 19.3 Å². The molecule has 0 spiro atoms. The van der Waals surface area contributed by atoms with Crippen molar-refractivity contribution < 1.29 is 41.6 Å². The van der Waals surface area contributed by atoms with Crippen LogP contribution in [0.1, 0.15) is 94.1 Å². The molecule has 0 aromatic heterocycles. The minimum Gasteiger partial charge on any atom is -0.497 e. The number of nitrogens with one attached hydrogen (secondary N) is 1. The van der Waals surface area contributed by atoms with E-state index in [0.717, 1.165) is 11.6 Å². The Morgan fingerprint density at radius 1 is 0.875 bits per heavy atom. The van der Waals surface area contributed by atoms with Crippen molar-refractivity contribution >= 4 is 33.3 Å². The summed E-state index contributed by atoms with van der Waals surface area (Å²) in [6.45, 7) is 18.8. The summed E-state index contributed by atoms with van der Waals surface area (Å²) in [7, 11) is -3.33. The van der Waals surface area contributed by atoms with Gasteiger partial charge < -0.3 is 19.5 Å². The average Bonchev–Trinajstić information content (AvgIpc) is 2.96. The Balaban J connectivity index is 2.16. The highest BCUT2D eigenvalue weighted by molar-refractivity contribution is 7.86. The van der Waals surface area contributed by atoms with Crippen molar-refractivity contribution in [3.8, 4) is 5.75 Å². The Bertz CT molecular complexity index is 1520. The lowest BCUT2D eigenvalue weighted by atomic mass is 9.71. The second kappa shape index (κ2) is 16.1. The molecule has 0 radical (unpaired) electrons. The number of carbonyl (C=O) groups excluding carboxylic acids is 3. The Morgan fingerprint density at radius 3 is 2.00 bits per heavy atom. The number of carbonyl (C=O) groups is 3. The molecule has 0 saturated heterocycles. The normalized spacial score (nSPS) is 14.2. The number of hydrogen-bond donors (Lipinski definition) is 2. The first kappa shape index (κ1) is 41.1. The summed E-state index contributed by atoms with van der Waals surface area (Å²) >= 11 is 0. The molecule has 2 unspecified atom stereocenters. The standard InChI is InChI=1S/C37H55NO9S/c1-34(2,3)32(40)26(23-31(39)38-28-20-19-27(45-11)24-30(28)48(42,43)44)18-15-21-46-37(9,10)36(7,8)33(41)29(47-35(4,5)6)22-25-16-13-12-14-17-25/h12-14,16-17,19-20,24,26,29H,15,18,21-23H2,1-11H3,(H,38,39)(H,42,43,44). The van der Waals surface area contributed by atoms with Crippen LogP contribution in [0.3, 0.4) is 0 Å². The number of anilines is 1. The second-order valence-corrected chi connectivity index (χ2v) is 16.7. The molecule has 0 fully saturated rings. The molecular weight excluding hydrogens is 634 g/mol. The Morgan fingerprint density at radius 2 is 1.48 bits per heavy atom. The topological polar surface area (TPSA) is 145 Å². The number of rotatable bonds is 17. The van der Waals surface area contributed by atoms with Gasteiger partial charge in [0.15, 0.2) is 5.78 Å². The van der Waals surface area contributed by atoms with Crippen LogP contribution in [0, 0.1) is 16.7 Å². The van der Waals surface area contributed by atoms with Crippen LogP contribution in [0.5, 0.6) is 5.75 Å². The minimum atomic E-state index is -4.67. The summed E-state index contributed by atoms with van der Waals surface area (Å²) in [5.41, 5.74) is -2.25. The van der Waals surface area contributed by atoms with Gasteiger partial charge in [0.25, 0.3) is 10.1 Å². The van der Waals surface area contributed by atoms with E-state index in [1.807, 2.05) is 78.8 Å². The third-order valence-corrected chi connectivity index (χ3v) is 9.51. The third kappa shape index (κ3) is 11.8. The third-order valence-electron chi connectivity index (χ3n) is 8.62. The molecule has 2 rings (SSSR count). The highest BCUT2D eigenvalue weighted by Gasteiger charge is 2.47. The second-order valence-electron chi connectivity index (χ2n) is 15.3. The molecule has 0 bridgehead atoms. The number of amides is 1. The van der Waals surface area contributed by atoms with E-state index in [1.54, 1.807) is 20.8 Å². The number of hydrogen-bond acceptors (Lipinski definition) is 8. The molecule has 268 valence electrons. The maximum atomic E-state index is 14.1. The van der Waals surface area contributed by atoms with Crippen molar-refractivity contribution in [1.82, 2.24) is 0 Å². The van der Waals surface area contributed by atoms with E-state index >= 15 is 0 Å². The first-order valence-corrected chi connectivity index (χ1v) is 17.7. The van der Waals surface area contributed by atoms with Crippen LogP contribution in [0.2, 0.25) is 0 Å². The van der Waals surface area contributed by atoms with Crippen molar-refractivity contribution in [3.05, 3.63) is 54.1 Å². The van der Waals surface area contributed by atoms with Gasteiger partial charge in [0.1, 0.15) is 22.5 Å². The van der Waals surface area contributed by atoms with Gasteiger partial charge in [0, 0.05) is 36.8 Å². The van der Waals surface area contributed by atoms with Gasteiger partial charge in [-0.15, -0.1) is 0 Å². The molecule has 2 atom stereocenters. The molecule has 0 aliphatic heterocycles. The SMILES string of the molecule is COc1ccc(NC(=O)CC(CCCOC(C)(C)C(C)(C)C(=O)C(Cc2ccccc2)OC(C)(C)C)C(=O)C(C)(C)C)c(S(=O)(=O)O)c1. The monoisotopic (exact) mass is 689 g/mol. The predicted molar refractivity (Wildman–Crippen MR) is 187 cm³/mol. The van der Waals surface area contributed by atoms with Crippen LogP contribution in [0.4, 0.5) is 5.69 Å². The van der Waals surface area contributed by atoms with E-state index in [-0.39, 0.29) is 36.0 Å². The number of ether oxygens (including phenoxy) is 3. The quantitative estimate of drug-likeness (QED) is 0.131. The Hall–Kier alpha value is -3.12. The van der Waals surface area contributed by atoms with Crippen LogP contribution < -0.4 is 10.1 Å². The van der Waals surface area contributed by atoms with Crippen LogP contribution in [0.15, 0.2) is 53.4 Å². The summed E-state index contributed by atoms with van der Waals surface area (Å²) in [6, 6.07) is 13.6. The molecule has 0 aliphatic rings. The molecule has 0 aliphatic carbocycles. The Kier molecular flexibility index (Phi) is 13.7. The number of Topliss-reactive ketones (excluding diaryl/α,β-unsaturated/α-hetero) is 2. The zero-order valence-corrected chi connectivity index (χ0v) is 31.2. The summed E-state index contributed by atoms with van der Waals surface area (Å²) < 4.78 is 51.3. The first-order valence-electron chi connectivity index (χ1n) is 16.3. The van der Waals surface area contributed by atoms with Gasteiger partial charge in [0.05, 0.1) is 29.4 Å². The molecule has 48 heavy (non-hydrogen) atoms. The lowest BCUT2D eigenvalue weighted by Crippen LogP contribution is -2.53. The van der Waals surface area contributed by atoms with E-state index in [2.05, 4.69) is 5.32 Å². The first-order chi connectivity index (χ1) is 21.9. The van der Waals surface area contributed by atoms with Gasteiger partial charge in [-0.2, -0.15) is 8.42 Å². The number of ketones is 2. The van der Waals surface area contributed by atoms with Crippen molar-refractivity contribution in [2.75, 3.05) is 19.0 Å². The zero-order chi connectivity index (χ0) is 36.7. The summed E-state index contributed by atoms with van der Waals surface area (Å²) in [6.07, 6.45) is 0.289. The van der Waals surface area contributed by atoms with E-state index in [4.69, 9.17) is 14.2 Å². The Labute approximate surface area is 287 Å². The number of methoxy groups -OCH3 is 1. The lowest BCUT2D eigenvalue weighted by molar-refractivity contribution is -0.167. The van der Waals surface area contributed by atoms with Gasteiger partial charge in [-0.1, -0.05) is 65.0 Å². The molecule has 2 N–H and O–H groups in total. The van der Waals surface area contributed by atoms with E-state index in [9.17, 15) is 27.4 Å².